The Kier molecular flexibility index (Phi) is 2.17. The molecular formula is C13H15N3. The van der Waals surface area contributed by atoms with Gasteiger partial charge in [0.25, 0.3) is 0 Å². The summed E-state index contributed by atoms with van der Waals surface area (Å²) in [5.41, 5.74) is 8.74. The molecule has 16 heavy (non-hydrogen) atoms. The summed E-state index contributed by atoms with van der Waals surface area (Å²) in [4.78, 5) is 4.32. The normalized spacial score (nSPS) is 15.2. The molecule has 1 heterocycles. The summed E-state index contributed by atoms with van der Waals surface area (Å²) in [6, 6.07) is 8.09. The number of benzene rings is 1. The van der Waals surface area contributed by atoms with E-state index in [1.807, 2.05) is 18.2 Å². The molecule has 1 saturated carbocycles. The Bertz CT molecular complexity index is 518. The van der Waals surface area contributed by atoms with Crippen LogP contribution < -0.4 is 11.1 Å². The minimum Gasteiger partial charge on any atom is -0.396 e. The topological polar surface area (TPSA) is 50.9 Å². The number of hydrogen-bond acceptors (Lipinski definition) is 3. The van der Waals surface area contributed by atoms with E-state index in [1.165, 1.54) is 12.8 Å². The van der Waals surface area contributed by atoms with Crippen LogP contribution in [-0.2, 0) is 0 Å². The molecule has 3 N–H and O–H groups in total. The Morgan fingerprint density at radius 1 is 1.31 bits per heavy atom. The molecule has 0 atom stereocenters. The molecule has 82 valence electrons. The number of fused-ring (bicyclic) bond motifs is 1. The minimum absolute atomic E-state index is 0.736. The molecule has 3 rings (SSSR count). The van der Waals surface area contributed by atoms with Gasteiger partial charge in [-0.2, -0.15) is 0 Å². The van der Waals surface area contributed by atoms with Gasteiger partial charge in [-0.05, 0) is 24.8 Å². The second kappa shape index (κ2) is 3.67. The van der Waals surface area contributed by atoms with Gasteiger partial charge in [0.05, 0.1) is 23.1 Å². The monoisotopic (exact) mass is 213 g/mol. The summed E-state index contributed by atoms with van der Waals surface area (Å²) in [7, 11) is 0. The average molecular weight is 213 g/mol. The van der Waals surface area contributed by atoms with E-state index in [-0.39, 0.29) is 0 Å². The lowest BCUT2D eigenvalue weighted by Crippen LogP contribution is -2.06. The van der Waals surface area contributed by atoms with Gasteiger partial charge < -0.3 is 11.1 Å². The van der Waals surface area contributed by atoms with Crippen molar-refractivity contribution in [3.05, 3.63) is 30.5 Å². The molecule has 0 amide bonds. The zero-order chi connectivity index (χ0) is 11.0. The lowest BCUT2D eigenvalue weighted by molar-refractivity contribution is 0.891. The molecule has 2 aromatic rings. The Labute approximate surface area is 94.7 Å². The first-order valence-electron chi connectivity index (χ1n) is 5.71. The molecule has 0 saturated heterocycles. The molecular weight excluding hydrogens is 198 g/mol. The van der Waals surface area contributed by atoms with Crippen LogP contribution in [0, 0.1) is 5.92 Å². The fourth-order valence-electron chi connectivity index (χ4n) is 1.92. The van der Waals surface area contributed by atoms with Crippen LogP contribution in [0.15, 0.2) is 30.5 Å². The molecule has 0 spiro atoms. The van der Waals surface area contributed by atoms with Crippen molar-refractivity contribution in [1.29, 1.82) is 0 Å². The largest absolute Gasteiger partial charge is 0.396 e. The van der Waals surface area contributed by atoms with Gasteiger partial charge in [0.2, 0.25) is 0 Å². The molecule has 1 aromatic carbocycles. The summed E-state index contributed by atoms with van der Waals surface area (Å²) >= 11 is 0. The molecule has 0 bridgehead atoms. The average Bonchev–Trinajstić information content (AvgIpc) is 3.12. The van der Waals surface area contributed by atoms with E-state index < -0.39 is 0 Å². The van der Waals surface area contributed by atoms with Crippen LogP contribution in [0.5, 0.6) is 0 Å². The highest BCUT2D eigenvalue weighted by Gasteiger charge is 2.21. The van der Waals surface area contributed by atoms with Crippen LogP contribution in [0.2, 0.25) is 0 Å². The highest BCUT2D eigenvalue weighted by atomic mass is 14.9. The van der Waals surface area contributed by atoms with Crippen molar-refractivity contribution in [1.82, 2.24) is 4.98 Å². The number of rotatable bonds is 3. The number of nitrogens with one attached hydrogen (secondary N) is 1. The highest BCUT2D eigenvalue weighted by molar-refractivity contribution is 5.96. The van der Waals surface area contributed by atoms with E-state index in [0.29, 0.717) is 0 Å². The van der Waals surface area contributed by atoms with Crippen molar-refractivity contribution < 1.29 is 0 Å². The van der Waals surface area contributed by atoms with Gasteiger partial charge in [0, 0.05) is 11.9 Å². The molecule has 3 heteroatoms. The third kappa shape index (κ3) is 1.69. The van der Waals surface area contributed by atoms with Crippen LogP contribution in [0.1, 0.15) is 12.8 Å². The summed E-state index contributed by atoms with van der Waals surface area (Å²) in [6.07, 6.45) is 4.42. The first-order valence-corrected chi connectivity index (χ1v) is 5.71. The smallest absolute Gasteiger partial charge is 0.0743 e. The van der Waals surface area contributed by atoms with Gasteiger partial charge >= 0.3 is 0 Å². The number of anilines is 2. The van der Waals surface area contributed by atoms with Gasteiger partial charge in [0.15, 0.2) is 0 Å². The maximum atomic E-state index is 5.97. The lowest BCUT2D eigenvalue weighted by atomic mass is 10.1. The maximum Gasteiger partial charge on any atom is 0.0743 e. The van der Waals surface area contributed by atoms with E-state index in [0.717, 1.165) is 34.7 Å². The van der Waals surface area contributed by atoms with Crippen molar-refractivity contribution in [3.8, 4) is 0 Å². The molecule has 0 aliphatic heterocycles. The molecule has 0 unspecified atom stereocenters. The summed E-state index contributed by atoms with van der Waals surface area (Å²) in [5.74, 6) is 0.839. The van der Waals surface area contributed by atoms with Gasteiger partial charge in [-0.15, -0.1) is 0 Å². The molecule has 1 aliphatic carbocycles. The standard InChI is InChI=1S/C13H15N3/c14-11-8-15-12-4-2-1-3-10(12)13(11)16-7-9-5-6-9/h1-4,8-9H,5-7,14H2,(H,15,16). The summed E-state index contributed by atoms with van der Waals surface area (Å²) in [6.45, 7) is 1.03. The van der Waals surface area contributed by atoms with Crippen molar-refractivity contribution in [2.24, 2.45) is 5.92 Å². The Balaban J connectivity index is 2.01. The van der Waals surface area contributed by atoms with E-state index in [2.05, 4.69) is 16.4 Å². The first-order chi connectivity index (χ1) is 7.84. The van der Waals surface area contributed by atoms with Crippen LogP contribution in [0.3, 0.4) is 0 Å². The third-order valence-corrected chi connectivity index (χ3v) is 3.07. The van der Waals surface area contributed by atoms with Crippen molar-refractivity contribution in [3.63, 3.8) is 0 Å². The second-order valence-electron chi connectivity index (χ2n) is 4.43. The summed E-state index contributed by atoms with van der Waals surface area (Å²) < 4.78 is 0. The van der Waals surface area contributed by atoms with E-state index in [4.69, 9.17) is 5.73 Å². The number of aromatic nitrogens is 1. The van der Waals surface area contributed by atoms with Gasteiger partial charge in [-0.25, -0.2) is 0 Å². The van der Waals surface area contributed by atoms with Crippen LogP contribution in [0.25, 0.3) is 10.9 Å². The predicted molar refractivity (Wildman–Crippen MR) is 67.4 cm³/mol. The summed E-state index contributed by atoms with van der Waals surface area (Å²) in [5, 5.41) is 4.57. The molecule has 3 nitrogen and oxygen atoms in total. The quantitative estimate of drug-likeness (QED) is 0.824. The number of hydrogen-bond donors (Lipinski definition) is 2. The van der Waals surface area contributed by atoms with Gasteiger partial charge in [-0.1, -0.05) is 18.2 Å². The third-order valence-electron chi connectivity index (χ3n) is 3.07. The fraction of sp³-hybridized carbons (Fsp3) is 0.308. The molecule has 1 fully saturated rings. The minimum atomic E-state index is 0.736. The zero-order valence-corrected chi connectivity index (χ0v) is 9.11. The van der Waals surface area contributed by atoms with Crippen LogP contribution >= 0.6 is 0 Å². The number of pyridine rings is 1. The molecule has 1 aliphatic rings. The number of nitrogen functional groups attached to an aromatic ring is 1. The predicted octanol–water partition coefficient (Wildman–Crippen LogP) is 2.64. The van der Waals surface area contributed by atoms with Crippen molar-refractivity contribution in [2.45, 2.75) is 12.8 Å². The van der Waals surface area contributed by atoms with Gasteiger partial charge in [-0.3, -0.25) is 4.98 Å². The Hall–Kier alpha value is -1.77. The zero-order valence-electron chi connectivity index (χ0n) is 9.11. The van der Waals surface area contributed by atoms with E-state index in [1.54, 1.807) is 6.20 Å². The van der Waals surface area contributed by atoms with Crippen molar-refractivity contribution >= 4 is 22.3 Å². The van der Waals surface area contributed by atoms with Gasteiger partial charge in [0.1, 0.15) is 0 Å². The Morgan fingerprint density at radius 2 is 2.12 bits per heavy atom. The highest BCUT2D eigenvalue weighted by Crippen LogP contribution is 2.32. The lowest BCUT2D eigenvalue weighted by Gasteiger charge is -2.11. The number of nitrogens with two attached hydrogens (primary N) is 1. The van der Waals surface area contributed by atoms with Crippen LogP contribution in [-0.4, -0.2) is 11.5 Å². The molecule has 0 radical (unpaired) electrons. The first kappa shape index (κ1) is 9.46. The second-order valence-corrected chi connectivity index (χ2v) is 4.43. The Morgan fingerprint density at radius 3 is 2.94 bits per heavy atom. The fourth-order valence-corrected chi connectivity index (χ4v) is 1.92. The van der Waals surface area contributed by atoms with Crippen molar-refractivity contribution in [2.75, 3.05) is 17.6 Å². The maximum absolute atomic E-state index is 5.97. The molecule has 1 aromatic heterocycles. The number of nitrogens with zero attached hydrogens (tertiary/aromatic N) is 1. The SMILES string of the molecule is Nc1cnc2ccccc2c1NCC1CC1. The van der Waals surface area contributed by atoms with Crippen LogP contribution in [0.4, 0.5) is 11.4 Å². The van der Waals surface area contributed by atoms with E-state index >= 15 is 0 Å². The van der Waals surface area contributed by atoms with E-state index in [9.17, 15) is 0 Å². The number of para-hydroxylation sites is 1.